The maximum Gasteiger partial charge on any atom is 0.221 e. The summed E-state index contributed by atoms with van der Waals surface area (Å²) in [5.41, 5.74) is 0.588. The molecule has 0 fully saturated rings. The minimum Gasteiger partial charge on any atom is -0.326 e. The first-order chi connectivity index (χ1) is 7.95. The summed E-state index contributed by atoms with van der Waals surface area (Å²) in [6.45, 7) is 1.81. The summed E-state index contributed by atoms with van der Waals surface area (Å²) < 4.78 is 23.6. The average Bonchev–Trinajstić information content (AvgIpc) is 2.26. The van der Waals surface area contributed by atoms with Gasteiger partial charge in [-0.1, -0.05) is 0 Å². The standard InChI is InChI=1S/C11H16N2O3S/c1-9(14)13-10-3-5-11(6-4-10)17(15,16)8-7-12-2/h3-6,12H,7-8H2,1-2H3,(H,13,14). The lowest BCUT2D eigenvalue weighted by Gasteiger charge is -2.06. The van der Waals surface area contributed by atoms with Crippen molar-refractivity contribution in [3.05, 3.63) is 24.3 Å². The molecule has 0 aliphatic rings. The molecule has 6 heteroatoms. The summed E-state index contributed by atoms with van der Waals surface area (Å²) in [6.07, 6.45) is 0. The SMILES string of the molecule is CNCCS(=O)(=O)c1ccc(NC(C)=O)cc1. The number of hydrogen-bond acceptors (Lipinski definition) is 4. The van der Waals surface area contributed by atoms with E-state index in [1.54, 1.807) is 19.2 Å². The molecule has 1 rings (SSSR count). The first-order valence-corrected chi connectivity index (χ1v) is 6.86. The Hall–Kier alpha value is -1.40. The van der Waals surface area contributed by atoms with E-state index >= 15 is 0 Å². The Morgan fingerprint density at radius 1 is 1.24 bits per heavy atom. The molecule has 0 radical (unpaired) electrons. The van der Waals surface area contributed by atoms with Crippen molar-refractivity contribution >= 4 is 21.4 Å². The third-order valence-corrected chi connectivity index (χ3v) is 3.89. The molecule has 5 nitrogen and oxygen atoms in total. The summed E-state index contributed by atoms with van der Waals surface area (Å²) >= 11 is 0. The van der Waals surface area contributed by atoms with Gasteiger partial charge in [0, 0.05) is 19.2 Å². The molecule has 94 valence electrons. The van der Waals surface area contributed by atoms with Crippen molar-refractivity contribution in [2.45, 2.75) is 11.8 Å². The van der Waals surface area contributed by atoms with Crippen LogP contribution >= 0.6 is 0 Å². The van der Waals surface area contributed by atoms with Crippen molar-refractivity contribution in [2.75, 3.05) is 24.7 Å². The summed E-state index contributed by atoms with van der Waals surface area (Å²) in [7, 11) is -1.54. The highest BCUT2D eigenvalue weighted by atomic mass is 32.2. The number of amides is 1. The molecule has 0 saturated heterocycles. The van der Waals surface area contributed by atoms with Crippen LogP contribution in [0.25, 0.3) is 0 Å². The third kappa shape index (κ3) is 4.16. The third-order valence-electron chi connectivity index (χ3n) is 2.15. The van der Waals surface area contributed by atoms with Crippen molar-refractivity contribution in [3.63, 3.8) is 0 Å². The van der Waals surface area contributed by atoms with Gasteiger partial charge in [-0.3, -0.25) is 4.79 Å². The van der Waals surface area contributed by atoms with E-state index in [4.69, 9.17) is 0 Å². The molecule has 2 N–H and O–H groups in total. The number of hydrogen-bond donors (Lipinski definition) is 2. The van der Waals surface area contributed by atoms with Crippen LogP contribution in [0.3, 0.4) is 0 Å². The zero-order valence-electron chi connectivity index (χ0n) is 9.86. The summed E-state index contributed by atoms with van der Waals surface area (Å²) in [6, 6.07) is 6.15. The predicted octanol–water partition coefficient (Wildman–Crippen LogP) is 0.638. The van der Waals surface area contributed by atoms with Crippen molar-refractivity contribution < 1.29 is 13.2 Å². The van der Waals surface area contributed by atoms with Gasteiger partial charge in [0.25, 0.3) is 0 Å². The Balaban J connectivity index is 2.83. The van der Waals surface area contributed by atoms with Gasteiger partial charge in [0.15, 0.2) is 9.84 Å². The quantitative estimate of drug-likeness (QED) is 0.810. The van der Waals surface area contributed by atoms with Gasteiger partial charge < -0.3 is 10.6 Å². The second-order valence-electron chi connectivity index (χ2n) is 3.63. The second kappa shape index (κ2) is 5.79. The van der Waals surface area contributed by atoms with Crippen LogP contribution in [-0.2, 0) is 14.6 Å². The van der Waals surface area contributed by atoms with Crippen LogP contribution in [0.1, 0.15) is 6.92 Å². The average molecular weight is 256 g/mol. The van der Waals surface area contributed by atoms with Gasteiger partial charge >= 0.3 is 0 Å². The van der Waals surface area contributed by atoms with Crippen LogP contribution in [0.2, 0.25) is 0 Å². The topological polar surface area (TPSA) is 75.3 Å². The van der Waals surface area contributed by atoms with Crippen LogP contribution in [0.15, 0.2) is 29.2 Å². The number of sulfone groups is 1. The Bertz CT molecular complexity index is 480. The summed E-state index contributed by atoms with van der Waals surface area (Å²) in [4.78, 5) is 11.1. The number of carbonyl (C=O) groups is 1. The summed E-state index contributed by atoms with van der Waals surface area (Å²) in [5.74, 6) is -0.126. The molecule has 0 aromatic heterocycles. The van der Waals surface area contributed by atoms with E-state index in [-0.39, 0.29) is 16.6 Å². The van der Waals surface area contributed by atoms with Crippen molar-refractivity contribution in [2.24, 2.45) is 0 Å². The molecule has 0 aliphatic heterocycles. The molecule has 0 heterocycles. The molecule has 1 aromatic carbocycles. The fourth-order valence-electron chi connectivity index (χ4n) is 1.30. The number of carbonyl (C=O) groups excluding carboxylic acids is 1. The van der Waals surface area contributed by atoms with E-state index in [1.165, 1.54) is 19.1 Å². The fraction of sp³-hybridized carbons (Fsp3) is 0.364. The zero-order chi connectivity index (χ0) is 12.9. The Morgan fingerprint density at radius 2 is 1.82 bits per heavy atom. The Kier molecular flexibility index (Phi) is 4.65. The number of rotatable bonds is 5. The zero-order valence-corrected chi connectivity index (χ0v) is 10.7. The van der Waals surface area contributed by atoms with Gasteiger partial charge in [-0.05, 0) is 31.3 Å². The number of nitrogens with one attached hydrogen (secondary N) is 2. The van der Waals surface area contributed by atoms with Crippen LogP contribution in [-0.4, -0.2) is 33.7 Å². The molecule has 0 saturated carbocycles. The van der Waals surface area contributed by atoms with E-state index < -0.39 is 9.84 Å². The van der Waals surface area contributed by atoms with Crippen molar-refractivity contribution in [1.29, 1.82) is 0 Å². The lowest BCUT2D eigenvalue weighted by atomic mass is 10.3. The van der Waals surface area contributed by atoms with Gasteiger partial charge in [-0.15, -0.1) is 0 Å². The minimum atomic E-state index is -3.24. The maximum absolute atomic E-state index is 11.8. The van der Waals surface area contributed by atoms with Crippen molar-refractivity contribution in [1.82, 2.24) is 5.32 Å². The molecule has 1 aromatic rings. The molecule has 0 bridgehead atoms. The highest BCUT2D eigenvalue weighted by Crippen LogP contribution is 2.15. The molecule has 0 spiro atoms. The fourth-order valence-corrected chi connectivity index (χ4v) is 2.56. The highest BCUT2D eigenvalue weighted by molar-refractivity contribution is 7.91. The monoisotopic (exact) mass is 256 g/mol. The van der Waals surface area contributed by atoms with Crippen molar-refractivity contribution in [3.8, 4) is 0 Å². The van der Waals surface area contributed by atoms with E-state index in [2.05, 4.69) is 10.6 Å². The Morgan fingerprint density at radius 3 is 2.29 bits per heavy atom. The largest absolute Gasteiger partial charge is 0.326 e. The first-order valence-electron chi connectivity index (χ1n) is 5.21. The predicted molar refractivity (Wildman–Crippen MR) is 66.7 cm³/mol. The maximum atomic E-state index is 11.8. The van der Waals surface area contributed by atoms with E-state index in [1.807, 2.05) is 0 Å². The number of benzene rings is 1. The normalized spacial score (nSPS) is 11.2. The number of anilines is 1. The molecule has 0 unspecified atom stereocenters. The van der Waals surface area contributed by atoms with E-state index in [0.717, 1.165) is 0 Å². The Labute approximate surface area is 101 Å². The van der Waals surface area contributed by atoms with Gasteiger partial charge in [0.2, 0.25) is 5.91 Å². The van der Waals surface area contributed by atoms with E-state index in [0.29, 0.717) is 12.2 Å². The van der Waals surface area contributed by atoms with Gasteiger partial charge in [0.1, 0.15) is 0 Å². The molecule has 0 atom stereocenters. The smallest absolute Gasteiger partial charge is 0.221 e. The van der Waals surface area contributed by atoms with Gasteiger partial charge in [-0.2, -0.15) is 0 Å². The van der Waals surface area contributed by atoms with Crippen LogP contribution in [0.4, 0.5) is 5.69 Å². The lowest BCUT2D eigenvalue weighted by molar-refractivity contribution is -0.114. The van der Waals surface area contributed by atoms with Crippen LogP contribution < -0.4 is 10.6 Å². The molecule has 1 amide bonds. The molecular formula is C11H16N2O3S. The highest BCUT2D eigenvalue weighted by Gasteiger charge is 2.13. The minimum absolute atomic E-state index is 0.0585. The van der Waals surface area contributed by atoms with Crippen LogP contribution in [0, 0.1) is 0 Å². The van der Waals surface area contributed by atoms with E-state index in [9.17, 15) is 13.2 Å². The van der Waals surface area contributed by atoms with Gasteiger partial charge in [-0.25, -0.2) is 8.42 Å². The molecular weight excluding hydrogens is 240 g/mol. The van der Waals surface area contributed by atoms with Crippen LogP contribution in [0.5, 0.6) is 0 Å². The lowest BCUT2D eigenvalue weighted by Crippen LogP contribution is -2.19. The molecule has 0 aliphatic carbocycles. The van der Waals surface area contributed by atoms with Gasteiger partial charge in [0.05, 0.1) is 10.6 Å². The second-order valence-corrected chi connectivity index (χ2v) is 5.74. The first kappa shape index (κ1) is 13.7. The molecule has 17 heavy (non-hydrogen) atoms. The summed E-state index contributed by atoms with van der Waals surface area (Å²) in [5, 5.41) is 5.38.